The molecule has 0 saturated heterocycles. The van der Waals surface area contributed by atoms with Crippen molar-refractivity contribution in [3.05, 3.63) is 0 Å². The van der Waals surface area contributed by atoms with Crippen LogP contribution in [0.1, 0.15) is 6.92 Å². The molecule has 0 aliphatic heterocycles. The Morgan fingerprint density at radius 2 is 2.29 bits per heavy atom. The van der Waals surface area contributed by atoms with E-state index in [1.807, 2.05) is 6.92 Å². The molecule has 0 aromatic rings. The van der Waals surface area contributed by atoms with Crippen molar-refractivity contribution >= 4 is 45.4 Å². The topological polar surface area (TPSA) is 26.0 Å². The van der Waals surface area contributed by atoms with E-state index in [0.717, 1.165) is 5.75 Å². The van der Waals surface area contributed by atoms with Crippen LogP contribution in [0.3, 0.4) is 0 Å². The van der Waals surface area contributed by atoms with E-state index in [1.165, 1.54) is 11.8 Å². The third kappa shape index (κ3) is 10.8. The van der Waals surface area contributed by atoms with Crippen molar-refractivity contribution in [3.8, 4) is 0 Å². The van der Waals surface area contributed by atoms with Crippen LogP contribution in [0.25, 0.3) is 0 Å². The third-order valence-corrected chi connectivity index (χ3v) is 1.21. The minimum atomic E-state index is 0. The van der Waals surface area contributed by atoms with E-state index in [2.05, 4.69) is 12.2 Å². The summed E-state index contributed by atoms with van der Waals surface area (Å²) >= 11 is 6.03. The van der Waals surface area contributed by atoms with E-state index in [0.29, 0.717) is 4.32 Å². The molecular weight excluding hydrogens is 193 g/mol. The zero-order valence-electron chi connectivity index (χ0n) is 4.01. The SMILES string of the molecule is CCSC(N)=S.[Se]. The van der Waals surface area contributed by atoms with Crippen molar-refractivity contribution in [2.24, 2.45) is 5.73 Å². The van der Waals surface area contributed by atoms with Gasteiger partial charge in [-0.15, -0.1) is 0 Å². The van der Waals surface area contributed by atoms with Gasteiger partial charge in [0.1, 0.15) is 4.32 Å². The van der Waals surface area contributed by atoms with Gasteiger partial charge in [0.05, 0.1) is 0 Å². The Morgan fingerprint density at radius 1 is 1.86 bits per heavy atom. The maximum absolute atomic E-state index is 5.10. The molecule has 0 saturated carbocycles. The fourth-order valence-electron chi connectivity index (χ4n) is 0.142. The van der Waals surface area contributed by atoms with Gasteiger partial charge in [-0.05, 0) is 5.75 Å². The molecule has 2 N–H and O–H groups in total. The fraction of sp³-hybridized carbons (Fsp3) is 0.667. The van der Waals surface area contributed by atoms with E-state index in [4.69, 9.17) is 5.73 Å². The van der Waals surface area contributed by atoms with E-state index in [9.17, 15) is 0 Å². The second-order valence-electron chi connectivity index (χ2n) is 0.752. The maximum Gasteiger partial charge on any atom is 0.131 e. The smallest absolute Gasteiger partial charge is 0.131 e. The summed E-state index contributed by atoms with van der Waals surface area (Å²) in [5.74, 6) is 0.981. The molecule has 0 amide bonds. The van der Waals surface area contributed by atoms with Gasteiger partial charge in [0.2, 0.25) is 0 Å². The summed E-state index contributed by atoms with van der Waals surface area (Å²) in [5.41, 5.74) is 5.10. The minimum Gasteiger partial charge on any atom is -0.385 e. The molecule has 0 fully saturated rings. The van der Waals surface area contributed by atoms with Gasteiger partial charge in [-0.2, -0.15) is 0 Å². The van der Waals surface area contributed by atoms with E-state index < -0.39 is 0 Å². The third-order valence-electron chi connectivity index (χ3n) is 0.287. The number of nitrogens with two attached hydrogens (primary N) is 1. The largest absolute Gasteiger partial charge is 0.385 e. The minimum absolute atomic E-state index is 0. The summed E-state index contributed by atoms with van der Waals surface area (Å²) < 4.78 is 0.539. The molecule has 0 aromatic carbocycles. The Labute approximate surface area is 63.9 Å². The normalized spacial score (nSPS) is 7.00. The molecular formula is C3H7NS2Se. The predicted octanol–water partition coefficient (Wildman–Crippen LogP) is 0.602. The molecule has 42 valence electrons. The van der Waals surface area contributed by atoms with Crippen molar-refractivity contribution < 1.29 is 0 Å². The molecule has 4 heteroatoms. The molecule has 0 unspecified atom stereocenters. The standard InChI is InChI=1S/C3H7NS2.Se/c1-2-6-3(4)5;/h2H2,1H3,(H2,4,5);. The molecule has 0 aliphatic carbocycles. The van der Waals surface area contributed by atoms with Crippen molar-refractivity contribution in [1.82, 2.24) is 0 Å². The average Bonchev–Trinajstić information content (AvgIpc) is 1.35. The van der Waals surface area contributed by atoms with Gasteiger partial charge in [-0.25, -0.2) is 0 Å². The van der Waals surface area contributed by atoms with Gasteiger partial charge in [0.25, 0.3) is 0 Å². The second kappa shape index (κ2) is 6.76. The zero-order chi connectivity index (χ0) is 4.99. The molecule has 0 bridgehead atoms. The molecule has 1 nitrogen and oxygen atoms in total. The molecule has 0 aromatic heterocycles. The Morgan fingerprint density at radius 3 is 2.29 bits per heavy atom. The monoisotopic (exact) mass is 201 g/mol. The number of hydrogen-bond donors (Lipinski definition) is 1. The Balaban J connectivity index is 0. The first-order valence-electron chi connectivity index (χ1n) is 1.69. The second-order valence-corrected chi connectivity index (χ2v) is 2.76. The first kappa shape index (κ1) is 10.7. The number of hydrogen-bond acceptors (Lipinski definition) is 2. The van der Waals surface area contributed by atoms with Gasteiger partial charge in [-0.1, -0.05) is 30.9 Å². The quantitative estimate of drug-likeness (QED) is 0.496. The summed E-state index contributed by atoms with van der Waals surface area (Å²) in [6.07, 6.45) is 0. The van der Waals surface area contributed by atoms with E-state index in [1.54, 1.807) is 0 Å². The summed E-state index contributed by atoms with van der Waals surface area (Å²) in [5, 5.41) is 0. The van der Waals surface area contributed by atoms with Crippen LogP contribution in [-0.4, -0.2) is 27.1 Å². The van der Waals surface area contributed by atoms with Crippen LogP contribution in [0.15, 0.2) is 0 Å². The van der Waals surface area contributed by atoms with Crippen LogP contribution < -0.4 is 5.73 Å². The number of rotatable bonds is 1. The Bertz CT molecular complexity index is 56.9. The fourth-order valence-corrected chi connectivity index (χ4v) is 0.780. The van der Waals surface area contributed by atoms with Crippen molar-refractivity contribution in [2.45, 2.75) is 6.92 Å². The van der Waals surface area contributed by atoms with Gasteiger partial charge in [0.15, 0.2) is 0 Å². The van der Waals surface area contributed by atoms with Crippen LogP contribution >= 0.6 is 24.0 Å². The summed E-state index contributed by atoms with van der Waals surface area (Å²) in [6.45, 7) is 2.02. The van der Waals surface area contributed by atoms with Crippen LogP contribution in [0.5, 0.6) is 0 Å². The first-order valence-corrected chi connectivity index (χ1v) is 3.09. The first-order chi connectivity index (χ1) is 2.77. The van der Waals surface area contributed by atoms with E-state index in [-0.39, 0.29) is 17.1 Å². The van der Waals surface area contributed by atoms with Crippen LogP contribution in [-0.2, 0) is 0 Å². The molecule has 0 rings (SSSR count). The zero-order valence-corrected chi connectivity index (χ0v) is 7.36. The van der Waals surface area contributed by atoms with Gasteiger partial charge in [0, 0.05) is 17.1 Å². The van der Waals surface area contributed by atoms with Crippen molar-refractivity contribution in [1.29, 1.82) is 0 Å². The molecule has 2 radical (unpaired) electrons. The van der Waals surface area contributed by atoms with Gasteiger partial charge in [-0.3, -0.25) is 0 Å². The maximum atomic E-state index is 5.10. The molecule has 7 heavy (non-hydrogen) atoms. The summed E-state index contributed by atoms with van der Waals surface area (Å²) in [4.78, 5) is 0. The predicted molar refractivity (Wildman–Crippen MR) is 40.7 cm³/mol. The molecule has 0 aliphatic rings. The van der Waals surface area contributed by atoms with Crippen LogP contribution in [0.2, 0.25) is 0 Å². The molecule has 0 atom stereocenters. The Hall–Kier alpha value is 0.759. The van der Waals surface area contributed by atoms with Crippen molar-refractivity contribution in [3.63, 3.8) is 0 Å². The van der Waals surface area contributed by atoms with Crippen molar-refractivity contribution in [2.75, 3.05) is 5.75 Å². The number of thioether (sulfide) groups is 1. The molecule has 0 spiro atoms. The van der Waals surface area contributed by atoms with Gasteiger partial charge < -0.3 is 5.73 Å². The summed E-state index contributed by atoms with van der Waals surface area (Å²) in [6, 6.07) is 0. The van der Waals surface area contributed by atoms with Gasteiger partial charge >= 0.3 is 0 Å². The average molecular weight is 200 g/mol. The van der Waals surface area contributed by atoms with Crippen LogP contribution in [0, 0.1) is 0 Å². The number of thiocarbonyl (C=S) groups is 1. The van der Waals surface area contributed by atoms with Crippen LogP contribution in [0.4, 0.5) is 0 Å². The Kier molecular flexibility index (Phi) is 10.3. The molecule has 0 heterocycles. The van der Waals surface area contributed by atoms with E-state index >= 15 is 0 Å². The summed E-state index contributed by atoms with van der Waals surface area (Å²) in [7, 11) is 0.